The van der Waals surface area contributed by atoms with E-state index in [2.05, 4.69) is 24.7 Å². The highest BCUT2D eigenvalue weighted by Crippen LogP contribution is 2.25. The van der Waals surface area contributed by atoms with Gasteiger partial charge in [-0.1, -0.05) is 0 Å². The molecule has 0 fully saturated rings. The number of rotatable bonds is 2. The van der Waals surface area contributed by atoms with Gasteiger partial charge in [0.15, 0.2) is 6.61 Å². The summed E-state index contributed by atoms with van der Waals surface area (Å²) in [5, 5.41) is 0. The van der Waals surface area contributed by atoms with Gasteiger partial charge >= 0.3 is 12.1 Å². The van der Waals surface area contributed by atoms with Crippen molar-refractivity contribution in [3.05, 3.63) is 71.3 Å². The number of H-pyrrole nitrogens is 2. The number of nitrogens with one attached hydrogen (secondary N) is 2. The van der Waals surface area contributed by atoms with E-state index in [1.54, 1.807) is 24.3 Å². The van der Waals surface area contributed by atoms with Crippen LogP contribution in [0.25, 0.3) is 45.9 Å². The van der Waals surface area contributed by atoms with Gasteiger partial charge in [0, 0.05) is 22.1 Å². The summed E-state index contributed by atoms with van der Waals surface area (Å²) in [7, 11) is 0. The van der Waals surface area contributed by atoms with Crippen LogP contribution in [0.2, 0.25) is 0 Å². The number of fused-ring (bicyclic) bond motifs is 8. The molecule has 0 amide bonds. The number of alkyl halides is 3. The van der Waals surface area contributed by atoms with Gasteiger partial charge in [-0.2, -0.15) is 13.2 Å². The summed E-state index contributed by atoms with van der Waals surface area (Å²) in [6.45, 7) is -1.67. The Balaban J connectivity index is 1.68. The van der Waals surface area contributed by atoms with Crippen LogP contribution in [0.4, 0.5) is 13.2 Å². The first kappa shape index (κ1) is 19.8. The number of aromatic nitrogens is 4. The zero-order valence-corrected chi connectivity index (χ0v) is 16.4. The molecule has 0 spiro atoms. The molecule has 2 aliphatic rings. The normalized spacial score (nSPS) is 13.2. The highest BCUT2D eigenvalue weighted by Gasteiger charge is 2.31. The van der Waals surface area contributed by atoms with Crippen molar-refractivity contribution >= 4 is 51.8 Å². The van der Waals surface area contributed by atoms with Gasteiger partial charge in [0.1, 0.15) is 0 Å². The van der Waals surface area contributed by atoms with Crippen LogP contribution >= 0.6 is 0 Å². The molecule has 8 bridgehead atoms. The first-order valence-corrected chi connectivity index (χ1v) is 9.63. The molecule has 2 N–H and O–H groups in total. The van der Waals surface area contributed by atoms with Crippen molar-refractivity contribution in [2.45, 2.75) is 6.18 Å². The highest BCUT2D eigenvalue weighted by atomic mass is 19.4. The fraction of sp³-hybridized carbons (Fsp3) is 0.0870. The lowest BCUT2D eigenvalue weighted by molar-refractivity contribution is -0.181. The molecule has 0 radical (unpaired) electrons. The van der Waals surface area contributed by atoms with Gasteiger partial charge in [-0.25, -0.2) is 14.8 Å². The maximum absolute atomic E-state index is 12.5. The molecular formula is C23H15F3N4O2. The van der Waals surface area contributed by atoms with E-state index in [1.807, 2.05) is 36.4 Å². The average molecular weight is 436 g/mol. The first-order chi connectivity index (χ1) is 15.3. The number of hydrogen-bond donors (Lipinski definition) is 2. The van der Waals surface area contributed by atoms with Crippen LogP contribution in [-0.2, 0) is 9.53 Å². The molecule has 160 valence electrons. The third kappa shape index (κ3) is 4.31. The number of aromatic amines is 2. The lowest BCUT2D eigenvalue weighted by Crippen LogP contribution is -2.20. The molecule has 3 aromatic heterocycles. The number of halogens is 3. The van der Waals surface area contributed by atoms with Gasteiger partial charge in [0.2, 0.25) is 0 Å². The van der Waals surface area contributed by atoms with Crippen molar-refractivity contribution in [2.75, 3.05) is 6.61 Å². The zero-order chi connectivity index (χ0) is 22.3. The predicted molar refractivity (Wildman–Crippen MR) is 115 cm³/mol. The van der Waals surface area contributed by atoms with Crippen LogP contribution in [0.5, 0.6) is 0 Å². The summed E-state index contributed by atoms with van der Waals surface area (Å²) in [6.07, 6.45) is 0.315. The highest BCUT2D eigenvalue weighted by molar-refractivity contribution is 6.22. The summed E-state index contributed by atoms with van der Waals surface area (Å²) in [5.74, 6) is -1.10. The number of ether oxygens (including phenoxy) is 1. The second kappa shape index (κ2) is 7.52. The van der Waals surface area contributed by atoms with E-state index in [9.17, 15) is 18.0 Å². The van der Waals surface area contributed by atoms with Crippen LogP contribution in [-0.4, -0.2) is 38.7 Å². The molecule has 5 heterocycles. The molecular weight excluding hydrogens is 421 g/mol. The van der Waals surface area contributed by atoms with Crippen LogP contribution in [0, 0.1) is 0 Å². The van der Waals surface area contributed by atoms with E-state index < -0.39 is 18.8 Å². The summed E-state index contributed by atoms with van der Waals surface area (Å²) in [5.41, 5.74) is 5.03. The Morgan fingerprint density at radius 2 is 1.38 bits per heavy atom. The van der Waals surface area contributed by atoms with Gasteiger partial charge in [0.25, 0.3) is 0 Å². The van der Waals surface area contributed by atoms with Crippen molar-refractivity contribution in [1.82, 2.24) is 19.9 Å². The number of esters is 1. The maximum atomic E-state index is 12.5. The van der Waals surface area contributed by atoms with Crippen LogP contribution in [0.15, 0.2) is 48.5 Å². The molecule has 0 aliphatic carbocycles. The molecule has 0 saturated carbocycles. The maximum Gasteiger partial charge on any atom is 0.422 e. The number of carbonyl (C=O) groups is 1. The first-order valence-electron chi connectivity index (χ1n) is 9.63. The molecule has 5 rings (SSSR count). The molecule has 0 aromatic carbocycles. The van der Waals surface area contributed by atoms with Crippen molar-refractivity contribution in [2.24, 2.45) is 0 Å². The van der Waals surface area contributed by atoms with Gasteiger partial charge in [-0.15, -0.1) is 0 Å². The minimum Gasteiger partial charge on any atom is -0.452 e. The largest absolute Gasteiger partial charge is 0.452 e. The lowest BCUT2D eigenvalue weighted by Gasteiger charge is -2.07. The smallest absolute Gasteiger partial charge is 0.422 e. The van der Waals surface area contributed by atoms with E-state index in [1.165, 1.54) is 6.08 Å². The Kier molecular flexibility index (Phi) is 4.66. The van der Waals surface area contributed by atoms with E-state index in [4.69, 9.17) is 0 Å². The van der Waals surface area contributed by atoms with Crippen molar-refractivity contribution < 1.29 is 22.7 Å². The molecule has 6 nitrogen and oxygen atoms in total. The molecule has 2 aliphatic heterocycles. The van der Waals surface area contributed by atoms with E-state index in [-0.39, 0.29) is 11.3 Å². The fourth-order valence-electron chi connectivity index (χ4n) is 3.40. The van der Waals surface area contributed by atoms with Crippen molar-refractivity contribution in [3.8, 4) is 0 Å². The SMILES string of the molecule is O=C(OCC(F)(F)F)C1=Cc2cc3ccc(cc4ccc(cc5nc(cc1n2)C=C5)[nH]4)[nH]3. The Labute approximate surface area is 179 Å². The number of nitrogens with zero attached hydrogens (tertiary/aromatic N) is 2. The second-order valence-corrected chi connectivity index (χ2v) is 7.28. The summed E-state index contributed by atoms with van der Waals surface area (Å²) in [6, 6.07) is 14.6. The standard InChI is InChI=1S/C23H15F3N4O2/c24-23(25,26)12-32-22(31)20-10-19-9-17-4-3-15(28-17)7-13-1-2-14(27-13)8-16-5-6-18(29-16)11-21(20)30-19/h1-11,27-28H,12H2. The van der Waals surface area contributed by atoms with E-state index in [0.717, 1.165) is 22.1 Å². The zero-order valence-electron chi connectivity index (χ0n) is 16.4. The molecule has 9 heteroatoms. The lowest BCUT2D eigenvalue weighted by atomic mass is 10.2. The number of carbonyl (C=O) groups excluding carboxylic acids is 1. The fourth-order valence-corrected chi connectivity index (χ4v) is 3.40. The molecule has 0 unspecified atom stereocenters. The Morgan fingerprint density at radius 3 is 2.00 bits per heavy atom. The number of hydrogen-bond acceptors (Lipinski definition) is 4. The van der Waals surface area contributed by atoms with Gasteiger partial charge < -0.3 is 14.7 Å². The third-order valence-corrected chi connectivity index (χ3v) is 4.75. The Hall–Kier alpha value is -4.14. The second-order valence-electron chi connectivity index (χ2n) is 7.28. The third-order valence-electron chi connectivity index (χ3n) is 4.75. The van der Waals surface area contributed by atoms with Gasteiger partial charge in [-0.3, -0.25) is 0 Å². The van der Waals surface area contributed by atoms with Gasteiger partial charge in [0.05, 0.1) is 28.3 Å². The topological polar surface area (TPSA) is 83.7 Å². The van der Waals surface area contributed by atoms with Crippen LogP contribution in [0.1, 0.15) is 22.8 Å². The van der Waals surface area contributed by atoms with Gasteiger partial charge in [-0.05, 0) is 66.8 Å². The molecule has 3 aromatic rings. The minimum absolute atomic E-state index is 0.0646. The summed E-state index contributed by atoms with van der Waals surface area (Å²) < 4.78 is 42.0. The molecule has 0 saturated heterocycles. The Morgan fingerprint density at radius 1 is 0.812 bits per heavy atom. The average Bonchev–Trinajstić information content (AvgIpc) is 3.50. The van der Waals surface area contributed by atoms with E-state index in [0.29, 0.717) is 17.1 Å². The van der Waals surface area contributed by atoms with E-state index >= 15 is 0 Å². The molecule has 0 atom stereocenters. The monoisotopic (exact) mass is 436 g/mol. The Bertz CT molecular complexity index is 1440. The summed E-state index contributed by atoms with van der Waals surface area (Å²) >= 11 is 0. The van der Waals surface area contributed by atoms with Crippen molar-refractivity contribution in [3.63, 3.8) is 0 Å². The van der Waals surface area contributed by atoms with Crippen molar-refractivity contribution in [1.29, 1.82) is 0 Å². The van der Waals surface area contributed by atoms with Crippen LogP contribution in [0.3, 0.4) is 0 Å². The van der Waals surface area contributed by atoms with Crippen LogP contribution < -0.4 is 0 Å². The predicted octanol–water partition coefficient (Wildman–Crippen LogP) is 5.13. The summed E-state index contributed by atoms with van der Waals surface area (Å²) in [4.78, 5) is 27.7. The quantitative estimate of drug-likeness (QED) is 0.427. The minimum atomic E-state index is -4.62. The molecule has 32 heavy (non-hydrogen) atoms.